The van der Waals surface area contributed by atoms with Gasteiger partial charge in [-0.05, 0) is 26.1 Å². The van der Waals surface area contributed by atoms with Gasteiger partial charge in [-0.25, -0.2) is 0 Å². The fraction of sp³-hybridized carbons (Fsp3) is 0.500. The van der Waals surface area contributed by atoms with Crippen molar-refractivity contribution in [1.82, 2.24) is 15.2 Å². The summed E-state index contributed by atoms with van der Waals surface area (Å²) in [5, 5.41) is 5.84. The Hall–Kier alpha value is -1.62. The third-order valence-corrected chi connectivity index (χ3v) is 2.32. The molecular weight excluding hydrogens is 216 g/mol. The van der Waals surface area contributed by atoms with Crippen LogP contribution in [0, 0.1) is 0 Å². The number of hydrogen-bond acceptors (Lipinski definition) is 4. The quantitative estimate of drug-likeness (QED) is 0.763. The maximum absolute atomic E-state index is 11.2. The van der Waals surface area contributed by atoms with E-state index in [0.717, 1.165) is 17.9 Å². The van der Waals surface area contributed by atoms with Gasteiger partial charge in [0.05, 0.1) is 12.2 Å². The zero-order chi connectivity index (χ0) is 12.7. The molecule has 0 spiro atoms. The van der Waals surface area contributed by atoms with Crippen LogP contribution in [0.5, 0.6) is 0 Å². The normalized spacial score (nSPS) is 10.4. The van der Waals surface area contributed by atoms with Crippen LogP contribution < -0.4 is 10.6 Å². The SMILES string of the molecule is CCNc1ccnc(CN(C)CC(=O)NC)c1. The number of nitrogens with zero attached hydrogens (tertiary/aromatic N) is 2. The van der Waals surface area contributed by atoms with Gasteiger partial charge >= 0.3 is 0 Å². The Morgan fingerprint density at radius 1 is 1.53 bits per heavy atom. The van der Waals surface area contributed by atoms with Gasteiger partial charge < -0.3 is 10.6 Å². The molecule has 5 heteroatoms. The highest BCUT2D eigenvalue weighted by Crippen LogP contribution is 2.08. The lowest BCUT2D eigenvalue weighted by atomic mass is 10.3. The zero-order valence-corrected chi connectivity index (χ0v) is 10.7. The standard InChI is InChI=1S/C12H20N4O/c1-4-14-10-5-6-15-11(7-10)8-16(3)9-12(17)13-2/h5-7H,4,8-9H2,1-3H3,(H,13,17)(H,14,15). The van der Waals surface area contributed by atoms with Crippen molar-refractivity contribution >= 4 is 11.6 Å². The molecule has 0 unspecified atom stereocenters. The number of anilines is 1. The molecule has 1 amide bonds. The van der Waals surface area contributed by atoms with Gasteiger partial charge in [0.15, 0.2) is 0 Å². The van der Waals surface area contributed by atoms with Crippen LogP contribution in [0.1, 0.15) is 12.6 Å². The predicted molar refractivity (Wildman–Crippen MR) is 68.8 cm³/mol. The number of rotatable bonds is 6. The number of likely N-dealkylation sites (N-methyl/N-ethyl adjacent to an activating group) is 2. The largest absolute Gasteiger partial charge is 0.385 e. The van der Waals surface area contributed by atoms with Gasteiger partial charge in [0.25, 0.3) is 0 Å². The van der Waals surface area contributed by atoms with Crippen molar-refractivity contribution in [2.24, 2.45) is 0 Å². The van der Waals surface area contributed by atoms with Gasteiger partial charge in [-0.1, -0.05) is 0 Å². The summed E-state index contributed by atoms with van der Waals surface area (Å²) in [5.41, 5.74) is 2.01. The lowest BCUT2D eigenvalue weighted by Gasteiger charge is -2.15. The van der Waals surface area contributed by atoms with Gasteiger partial charge in [0.2, 0.25) is 5.91 Å². The molecule has 0 fully saturated rings. The zero-order valence-electron chi connectivity index (χ0n) is 10.7. The first-order valence-electron chi connectivity index (χ1n) is 5.73. The molecule has 1 aromatic rings. The molecule has 0 aliphatic carbocycles. The van der Waals surface area contributed by atoms with E-state index in [-0.39, 0.29) is 5.91 Å². The Morgan fingerprint density at radius 3 is 2.94 bits per heavy atom. The molecule has 0 aromatic carbocycles. The van der Waals surface area contributed by atoms with Gasteiger partial charge in [-0.3, -0.25) is 14.7 Å². The third kappa shape index (κ3) is 4.82. The molecule has 1 aromatic heterocycles. The van der Waals surface area contributed by atoms with Crippen molar-refractivity contribution in [2.75, 3.05) is 32.5 Å². The van der Waals surface area contributed by atoms with Crippen LogP contribution in [0.3, 0.4) is 0 Å². The first-order chi connectivity index (χ1) is 8.15. The molecule has 94 valence electrons. The van der Waals surface area contributed by atoms with E-state index in [9.17, 15) is 4.79 Å². The summed E-state index contributed by atoms with van der Waals surface area (Å²) in [5.74, 6) is 0.00957. The maximum atomic E-state index is 11.2. The average Bonchev–Trinajstić information content (AvgIpc) is 2.29. The topological polar surface area (TPSA) is 57.3 Å². The highest BCUT2D eigenvalue weighted by atomic mass is 16.1. The second kappa shape index (κ2) is 6.85. The molecule has 0 radical (unpaired) electrons. The van der Waals surface area contributed by atoms with E-state index in [1.165, 1.54) is 0 Å². The van der Waals surface area contributed by atoms with Gasteiger partial charge in [0.1, 0.15) is 0 Å². The molecule has 0 atom stereocenters. The lowest BCUT2D eigenvalue weighted by molar-refractivity contribution is -0.121. The summed E-state index contributed by atoms with van der Waals surface area (Å²) in [6, 6.07) is 3.94. The summed E-state index contributed by atoms with van der Waals surface area (Å²) >= 11 is 0. The monoisotopic (exact) mass is 236 g/mol. The second-order valence-corrected chi connectivity index (χ2v) is 3.91. The van der Waals surface area contributed by atoms with E-state index in [4.69, 9.17) is 0 Å². The summed E-state index contributed by atoms with van der Waals surface area (Å²) in [6.45, 7) is 3.98. The number of carbonyl (C=O) groups excluding carboxylic acids is 1. The number of pyridine rings is 1. The number of amides is 1. The minimum absolute atomic E-state index is 0.00957. The molecule has 0 bridgehead atoms. The number of aromatic nitrogens is 1. The molecule has 0 aliphatic rings. The highest BCUT2D eigenvalue weighted by Gasteiger charge is 2.06. The Balaban J connectivity index is 2.55. The van der Waals surface area contributed by atoms with E-state index < -0.39 is 0 Å². The first-order valence-corrected chi connectivity index (χ1v) is 5.73. The molecule has 1 rings (SSSR count). The molecule has 0 aliphatic heterocycles. The summed E-state index contributed by atoms with van der Waals surface area (Å²) in [6.07, 6.45) is 1.78. The summed E-state index contributed by atoms with van der Waals surface area (Å²) in [4.78, 5) is 17.4. The van der Waals surface area contributed by atoms with Crippen molar-refractivity contribution in [3.8, 4) is 0 Å². The van der Waals surface area contributed by atoms with Crippen molar-refractivity contribution in [1.29, 1.82) is 0 Å². The Kier molecular flexibility index (Phi) is 5.42. The Bertz CT molecular complexity index is 367. The summed E-state index contributed by atoms with van der Waals surface area (Å²) < 4.78 is 0. The van der Waals surface area contributed by atoms with Crippen LogP contribution in [0.15, 0.2) is 18.3 Å². The van der Waals surface area contributed by atoms with Gasteiger partial charge in [-0.2, -0.15) is 0 Å². The second-order valence-electron chi connectivity index (χ2n) is 3.91. The van der Waals surface area contributed by atoms with Crippen LogP contribution in [0.25, 0.3) is 0 Å². The van der Waals surface area contributed by atoms with E-state index in [1.54, 1.807) is 13.2 Å². The molecular formula is C12H20N4O. The van der Waals surface area contributed by atoms with Gasteiger partial charge in [-0.15, -0.1) is 0 Å². The molecule has 17 heavy (non-hydrogen) atoms. The predicted octanol–water partition coefficient (Wildman–Crippen LogP) is 0.691. The smallest absolute Gasteiger partial charge is 0.233 e. The van der Waals surface area contributed by atoms with Crippen LogP contribution in [0.2, 0.25) is 0 Å². The van der Waals surface area contributed by atoms with Crippen molar-refractivity contribution in [3.63, 3.8) is 0 Å². The lowest BCUT2D eigenvalue weighted by Crippen LogP contribution is -2.32. The van der Waals surface area contributed by atoms with Crippen molar-refractivity contribution in [2.45, 2.75) is 13.5 Å². The summed E-state index contributed by atoms with van der Waals surface area (Å²) in [7, 11) is 3.54. The molecule has 5 nitrogen and oxygen atoms in total. The van der Waals surface area contributed by atoms with Gasteiger partial charge in [0, 0.05) is 32.0 Å². The van der Waals surface area contributed by atoms with Crippen LogP contribution in [0.4, 0.5) is 5.69 Å². The number of hydrogen-bond donors (Lipinski definition) is 2. The highest BCUT2D eigenvalue weighted by molar-refractivity contribution is 5.77. The van der Waals surface area contributed by atoms with Crippen molar-refractivity contribution in [3.05, 3.63) is 24.0 Å². The Morgan fingerprint density at radius 2 is 2.29 bits per heavy atom. The number of nitrogens with one attached hydrogen (secondary N) is 2. The van der Waals surface area contributed by atoms with Crippen molar-refractivity contribution < 1.29 is 4.79 Å². The van der Waals surface area contributed by atoms with E-state index in [1.807, 2.05) is 24.1 Å². The van der Waals surface area contributed by atoms with Crippen LogP contribution in [-0.4, -0.2) is 43.0 Å². The Labute approximate surface area is 102 Å². The molecule has 2 N–H and O–H groups in total. The minimum Gasteiger partial charge on any atom is -0.385 e. The fourth-order valence-electron chi connectivity index (χ4n) is 1.54. The van der Waals surface area contributed by atoms with E-state index in [2.05, 4.69) is 22.5 Å². The molecule has 0 saturated carbocycles. The van der Waals surface area contributed by atoms with Crippen LogP contribution in [-0.2, 0) is 11.3 Å². The average molecular weight is 236 g/mol. The first kappa shape index (κ1) is 13.4. The van der Waals surface area contributed by atoms with E-state index >= 15 is 0 Å². The van der Waals surface area contributed by atoms with E-state index in [0.29, 0.717) is 13.1 Å². The third-order valence-electron chi connectivity index (χ3n) is 2.32. The van der Waals surface area contributed by atoms with Crippen LogP contribution >= 0.6 is 0 Å². The molecule has 0 saturated heterocycles. The molecule has 1 heterocycles. The maximum Gasteiger partial charge on any atom is 0.233 e. The minimum atomic E-state index is 0.00957. The fourth-order valence-corrected chi connectivity index (χ4v) is 1.54. The number of carbonyl (C=O) groups is 1.